The van der Waals surface area contributed by atoms with E-state index in [-0.39, 0.29) is 33.4 Å². The van der Waals surface area contributed by atoms with Gasteiger partial charge in [-0.15, -0.1) is 0 Å². The van der Waals surface area contributed by atoms with Gasteiger partial charge >= 0.3 is 23.9 Å². The van der Waals surface area contributed by atoms with Crippen molar-refractivity contribution in [1.82, 2.24) is 0 Å². The van der Waals surface area contributed by atoms with E-state index < -0.39 is 23.9 Å². The van der Waals surface area contributed by atoms with Gasteiger partial charge in [0.1, 0.15) is 0 Å². The van der Waals surface area contributed by atoms with Crippen molar-refractivity contribution < 1.29 is 39.6 Å². The number of aromatic carboxylic acids is 4. The van der Waals surface area contributed by atoms with Crippen LogP contribution in [0.5, 0.6) is 0 Å². The molecule has 0 bridgehead atoms. The van der Waals surface area contributed by atoms with Crippen molar-refractivity contribution in [2.75, 3.05) is 0 Å². The average molecular weight is 530 g/mol. The Morgan fingerprint density at radius 3 is 0.875 bits per heavy atom. The number of carboxylic acid groups (broad SMARTS) is 4. The molecule has 0 heterocycles. The maximum atomic E-state index is 11.3. The van der Waals surface area contributed by atoms with Crippen LogP contribution in [0, 0.1) is 23.7 Å². The largest absolute Gasteiger partial charge is 0.478 e. The van der Waals surface area contributed by atoms with Crippen LogP contribution >= 0.6 is 0 Å². The van der Waals surface area contributed by atoms with Crippen LogP contribution in [0.15, 0.2) is 84.9 Å². The molecular formula is C32H18O8. The SMILES string of the molecule is O=C(O)c1cc(C#Cc2ccc(-c3ccc(C#Cc4cc(C(=O)O)cc(C(=O)O)c4)cc3)cc2)cc(C(=O)O)c1. The minimum Gasteiger partial charge on any atom is -0.478 e. The molecule has 8 nitrogen and oxygen atoms in total. The Hall–Kier alpha value is -6.12. The summed E-state index contributed by atoms with van der Waals surface area (Å²) in [5.41, 5.74) is 2.98. The molecule has 4 N–H and O–H groups in total. The molecule has 0 radical (unpaired) electrons. The fraction of sp³-hybridized carbons (Fsp3) is 0. The normalized spacial score (nSPS) is 9.90. The minimum atomic E-state index is -1.24. The molecule has 194 valence electrons. The second-order valence-corrected chi connectivity index (χ2v) is 8.47. The molecule has 8 heteroatoms. The molecule has 0 atom stereocenters. The molecule has 0 aliphatic carbocycles. The Balaban J connectivity index is 1.52. The first kappa shape index (κ1) is 26.9. The van der Waals surface area contributed by atoms with Crippen molar-refractivity contribution in [2.24, 2.45) is 0 Å². The molecule has 0 aliphatic rings. The fourth-order valence-electron chi connectivity index (χ4n) is 3.67. The first-order chi connectivity index (χ1) is 19.1. The quantitative estimate of drug-likeness (QED) is 0.265. The lowest BCUT2D eigenvalue weighted by atomic mass is 10.0. The lowest BCUT2D eigenvalue weighted by molar-refractivity contribution is 0.0676. The molecule has 0 saturated heterocycles. The third-order valence-corrected chi connectivity index (χ3v) is 5.66. The Bertz CT molecular complexity index is 1590. The molecular weight excluding hydrogens is 512 g/mol. The van der Waals surface area contributed by atoms with E-state index in [0.29, 0.717) is 11.1 Å². The second-order valence-electron chi connectivity index (χ2n) is 8.47. The summed E-state index contributed by atoms with van der Waals surface area (Å²) in [5.74, 6) is 6.46. The molecule has 0 spiro atoms. The standard InChI is InChI=1S/C32H18O8/c33-29(34)25-13-21(14-26(17-25)30(35)36)3-1-19-5-9-23(10-6-19)24-11-7-20(8-12-24)2-4-22-15-27(31(37)38)18-28(16-22)32(39)40/h5-18H,(H,33,34)(H,35,36)(H,37,38)(H,39,40). The number of hydrogen-bond donors (Lipinski definition) is 4. The van der Waals surface area contributed by atoms with Crippen LogP contribution in [0.4, 0.5) is 0 Å². The highest BCUT2D eigenvalue weighted by Crippen LogP contribution is 2.20. The van der Waals surface area contributed by atoms with Gasteiger partial charge in [0, 0.05) is 22.3 Å². The molecule has 0 saturated carbocycles. The third-order valence-electron chi connectivity index (χ3n) is 5.66. The molecule has 40 heavy (non-hydrogen) atoms. The summed E-state index contributed by atoms with van der Waals surface area (Å²) in [5, 5.41) is 36.8. The lowest BCUT2D eigenvalue weighted by Gasteiger charge is -2.03. The van der Waals surface area contributed by atoms with Crippen molar-refractivity contribution in [3.63, 3.8) is 0 Å². The number of hydrogen-bond acceptors (Lipinski definition) is 4. The van der Waals surface area contributed by atoms with E-state index in [9.17, 15) is 39.6 Å². The minimum absolute atomic E-state index is 0.161. The summed E-state index contributed by atoms with van der Waals surface area (Å²) in [6.07, 6.45) is 0. The maximum absolute atomic E-state index is 11.3. The van der Waals surface area contributed by atoms with E-state index in [1.807, 2.05) is 24.3 Å². The Labute approximate surface area is 227 Å². The number of carboxylic acids is 4. The zero-order chi connectivity index (χ0) is 28.8. The van der Waals surface area contributed by atoms with Gasteiger partial charge in [-0.2, -0.15) is 0 Å². The van der Waals surface area contributed by atoms with Gasteiger partial charge in [-0.25, -0.2) is 19.2 Å². The van der Waals surface area contributed by atoms with Gasteiger partial charge in [0.2, 0.25) is 0 Å². The van der Waals surface area contributed by atoms with Gasteiger partial charge in [0.15, 0.2) is 0 Å². The molecule has 0 amide bonds. The summed E-state index contributed by atoms with van der Waals surface area (Å²) in [7, 11) is 0. The molecule has 0 aliphatic heterocycles. The molecule has 0 unspecified atom stereocenters. The number of carbonyl (C=O) groups is 4. The zero-order valence-electron chi connectivity index (χ0n) is 20.5. The Morgan fingerprint density at radius 2 is 0.625 bits per heavy atom. The van der Waals surface area contributed by atoms with E-state index in [2.05, 4.69) is 23.7 Å². The number of benzene rings is 4. The average Bonchev–Trinajstić information content (AvgIpc) is 2.95. The first-order valence-electron chi connectivity index (χ1n) is 11.6. The highest BCUT2D eigenvalue weighted by Gasteiger charge is 2.11. The summed E-state index contributed by atoms with van der Waals surface area (Å²) in [6.45, 7) is 0. The van der Waals surface area contributed by atoms with Gasteiger partial charge in [0.05, 0.1) is 22.3 Å². The van der Waals surface area contributed by atoms with Gasteiger partial charge in [-0.1, -0.05) is 47.9 Å². The summed E-state index contributed by atoms with van der Waals surface area (Å²) >= 11 is 0. The summed E-state index contributed by atoms with van der Waals surface area (Å²) < 4.78 is 0. The lowest BCUT2D eigenvalue weighted by Crippen LogP contribution is -2.03. The summed E-state index contributed by atoms with van der Waals surface area (Å²) in [6, 6.07) is 22.0. The van der Waals surface area contributed by atoms with E-state index in [1.54, 1.807) is 24.3 Å². The monoisotopic (exact) mass is 530 g/mol. The van der Waals surface area contributed by atoms with Crippen LogP contribution in [0.1, 0.15) is 63.7 Å². The zero-order valence-corrected chi connectivity index (χ0v) is 20.5. The van der Waals surface area contributed by atoms with Gasteiger partial charge < -0.3 is 20.4 Å². The predicted octanol–water partition coefficient (Wildman–Crippen LogP) is 4.95. The van der Waals surface area contributed by atoms with Crippen molar-refractivity contribution in [3.8, 4) is 34.8 Å². The fourth-order valence-corrected chi connectivity index (χ4v) is 3.67. The van der Waals surface area contributed by atoms with Crippen LogP contribution in [-0.4, -0.2) is 44.3 Å². The van der Waals surface area contributed by atoms with Crippen LogP contribution in [0.3, 0.4) is 0 Å². The molecule has 0 fully saturated rings. The molecule has 4 aromatic carbocycles. The second kappa shape index (κ2) is 11.5. The summed E-state index contributed by atoms with van der Waals surface area (Å²) in [4.78, 5) is 45.1. The van der Waals surface area contributed by atoms with Crippen LogP contribution in [-0.2, 0) is 0 Å². The Morgan fingerprint density at radius 1 is 0.375 bits per heavy atom. The van der Waals surface area contributed by atoms with E-state index in [1.165, 1.54) is 24.3 Å². The van der Waals surface area contributed by atoms with Gasteiger partial charge in [-0.05, 0) is 71.8 Å². The van der Waals surface area contributed by atoms with E-state index in [4.69, 9.17) is 0 Å². The van der Waals surface area contributed by atoms with Crippen molar-refractivity contribution in [1.29, 1.82) is 0 Å². The van der Waals surface area contributed by atoms with Crippen molar-refractivity contribution in [3.05, 3.63) is 129 Å². The van der Waals surface area contributed by atoms with Crippen molar-refractivity contribution in [2.45, 2.75) is 0 Å². The predicted molar refractivity (Wildman–Crippen MR) is 145 cm³/mol. The Kier molecular flexibility index (Phi) is 7.75. The van der Waals surface area contributed by atoms with Gasteiger partial charge in [-0.3, -0.25) is 0 Å². The first-order valence-corrected chi connectivity index (χ1v) is 11.6. The van der Waals surface area contributed by atoms with Gasteiger partial charge in [0.25, 0.3) is 0 Å². The van der Waals surface area contributed by atoms with Crippen molar-refractivity contribution >= 4 is 23.9 Å². The molecule has 4 rings (SSSR count). The van der Waals surface area contributed by atoms with Crippen LogP contribution in [0.25, 0.3) is 11.1 Å². The third kappa shape index (κ3) is 6.60. The topological polar surface area (TPSA) is 149 Å². The highest BCUT2D eigenvalue weighted by atomic mass is 16.4. The number of rotatable bonds is 5. The highest BCUT2D eigenvalue weighted by molar-refractivity contribution is 5.95. The maximum Gasteiger partial charge on any atom is 0.335 e. The molecule has 0 aromatic heterocycles. The van der Waals surface area contributed by atoms with E-state index in [0.717, 1.165) is 23.3 Å². The smallest absolute Gasteiger partial charge is 0.335 e. The van der Waals surface area contributed by atoms with Crippen LogP contribution < -0.4 is 0 Å². The van der Waals surface area contributed by atoms with Crippen LogP contribution in [0.2, 0.25) is 0 Å². The molecule has 4 aromatic rings. The van der Waals surface area contributed by atoms with E-state index >= 15 is 0 Å².